The molecule has 5 heteroatoms. The second-order valence-electron chi connectivity index (χ2n) is 3.62. The fraction of sp³-hybridized carbons (Fsp3) is 0.400. The van der Waals surface area contributed by atoms with Crippen LogP contribution in [0.2, 0.25) is 0 Å². The molecule has 0 aliphatic carbocycles. The number of aromatic nitrogens is 4. The second kappa shape index (κ2) is 3.81. The molecule has 0 aromatic carbocycles. The minimum Gasteiger partial charge on any atom is -0.269 e. The summed E-state index contributed by atoms with van der Waals surface area (Å²) in [5, 5.41) is 8.69. The number of hydrogen-bond acceptors (Lipinski definition) is 2. The predicted molar refractivity (Wildman–Crippen MR) is 61.7 cm³/mol. The van der Waals surface area contributed by atoms with Gasteiger partial charge in [-0.05, 0) is 35.8 Å². The Bertz CT molecular complexity index is 484. The first-order chi connectivity index (χ1) is 7.08. The van der Waals surface area contributed by atoms with Crippen LogP contribution in [0.5, 0.6) is 0 Å². The zero-order valence-corrected chi connectivity index (χ0v) is 10.6. The lowest BCUT2D eigenvalue weighted by molar-refractivity contribution is 0.614. The zero-order valence-electron chi connectivity index (χ0n) is 9.03. The van der Waals surface area contributed by atoms with Crippen molar-refractivity contribution in [3.63, 3.8) is 0 Å². The minimum absolute atomic E-state index is 0.742. The van der Waals surface area contributed by atoms with E-state index in [2.05, 4.69) is 26.1 Å². The number of rotatable bonds is 2. The van der Waals surface area contributed by atoms with E-state index in [1.165, 1.54) is 0 Å². The van der Waals surface area contributed by atoms with Gasteiger partial charge in [0, 0.05) is 13.2 Å². The maximum Gasteiger partial charge on any atom is 0.0839 e. The monoisotopic (exact) mass is 268 g/mol. The lowest BCUT2D eigenvalue weighted by Gasteiger charge is -2.03. The van der Waals surface area contributed by atoms with Gasteiger partial charge in [-0.3, -0.25) is 9.36 Å². The SMILES string of the molecule is Cc1ccn(Cc2c(Br)c(C)nn2C)n1. The van der Waals surface area contributed by atoms with Crippen LogP contribution in [0, 0.1) is 13.8 Å². The van der Waals surface area contributed by atoms with Crippen molar-refractivity contribution in [3.05, 3.63) is 33.8 Å². The highest BCUT2D eigenvalue weighted by Crippen LogP contribution is 2.20. The number of aryl methyl sites for hydroxylation is 3. The molecule has 0 radical (unpaired) electrons. The molecule has 0 aliphatic rings. The Morgan fingerprint density at radius 3 is 2.53 bits per heavy atom. The number of hydrogen-bond donors (Lipinski definition) is 0. The van der Waals surface area contributed by atoms with E-state index in [0.717, 1.165) is 28.1 Å². The van der Waals surface area contributed by atoms with E-state index in [4.69, 9.17) is 0 Å². The van der Waals surface area contributed by atoms with Crippen LogP contribution in [0.3, 0.4) is 0 Å². The Morgan fingerprint density at radius 2 is 2.07 bits per heavy atom. The Balaban J connectivity index is 2.31. The molecule has 0 N–H and O–H groups in total. The summed E-state index contributed by atoms with van der Waals surface area (Å²) < 4.78 is 4.87. The summed E-state index contributed by atoms with van der Waals surface area (Å²) in [4.78, 5) is 0. The smallest absolute Gasteiger partial charge is 0.0839 e. The zero-order chi connectivity index (χ0) is 11.0. The first-order valence-electron chi connectivity index (χ1n) is 4.76. The van der Waals surface area contributed by atoms with Crippen molar-refractivity contribution in [2.24, 2.45) is 7.05 Å². The van der Waals surface area contributed by atoms with Gasteiger partial charge in [0.15, 0.2) is 0 Å². The Hall–Kier alpha value is -1.10. The highest BCUT2D eigenvalue weighted by atomic mass is 79.9. The summed E-state index contributed by atoms with van der Waals surface area (Å²) in [7, 11) is 1.95. The summed E-state index contributed by atoms with van der Waals surface area (Å²) in [6.45, 7) is 4.72. The molecule has 4 nitrogen and oxygen atoms in total. The third-order valence-electron chi connectivity index (χ3n) is 2.35. The van der Waals surface area contributed by atoms with Gasteiger partial charge in [-0.15, -0.1) is 0 Å². The van der Waals surface area contributed by atoms with Crippen LogP contribution in [-0.2, 0) is 13.6 Å². The van der Waals surface area contributed by atoms with Crippen LogP contribution >= 0.6 is 15.9 Å². The van der Waals surface area contributed by atoms with Gasteiger partial charge in [0.2, 0.25) is 0 Å². The van der Waals surface area contributed by atoms with Gasteiger partial charge in [-0.2, -0.15) is 10.2 Å². The third kappa shape index (κ3) is 1.97. The maximum absolute atomic E-state index is 4.35. The van der Waals surface area contributed by atoms with Gasteiger partial charge in [0.25, 0.3) is 0 Å². The normalized spacial score (nSPS) is 10.9. The lowest BCUT2D eigenvalue weighted by Crippen LogP contribution is -2.06. The molecular weight excluding hydrogens is 256 g/mol. The molecular formula is C10H13BrN4. The molecule has 15 heavy (non-hydrogen) atoms. The van der Waals surface area contributed by atoms with Gasteiger partial charge < -0.3 is 0 Å². The summed E-state index contributed by atoms with van der Waals surface area (Å²) >= 11 is 3.54. The molecule has 0 amide bonds. The average molecular weight is 269 g/mol. The van der Waals surface area contributed by atoms with Crippen molar-refractivity contribution in [1.82, 2.24) is 19.6 Å². The molecule has 0 unspecified atom stereocenters. The molecule has 0 bridgehead atoms. The highest BCUT2D eigenvalue weighted by Gasteiger charge is 2.10. The van der Waals surface area contributed by atoms with Crippen molar-refractivity contribution in [2.45, 2.75) is 20.4 Å². The van der Waals surface area contributed by atoms with Gasteiger partial charge in [0.05, 0.1) is 28.1 Å². The topological polar surface area (TPSA) is 35.6 Å². The lowest BCUT2D eigenvalue weighted by atomic mass is 10.3. The van der Waals surface area contributed by atoms with Gasteiger partial charge in [-0.25, -0.2) is 0 Å². The average Bonchev–Trinajstić information content (AvgIpc) is 2.67. The Kier molecular flexibility index (Phi) is 2.65. The van der Waals surface area contributed by atoms with Crippen molar-refractivity contribution in [1.29, 1.82) is 0 Å². The Labute approximate surface area is 97.0 Å². The number of nitrogens with zero attached hydrogens (tertiary/aromatic N) is 4. The Morgan fingerprint density at radius 1 is 1.33 bits per heavy atom. The minimum atomic E-state index is 0.742. The molecule has 0 spiro atoms. The van der Waals surface area contributed by atoms with E-state index >= 15 is 0 Å². The molecule has 0 saturated heterocycles. The van der Waals surface area contributed by atoms with Crippen molar-refractivity contribution < 1.29 is 0 Å². The van der Waals surface area contributed by atoms with E-state index in [1.54, 1.807) is 0 Å². The second-order valence-corrected chi connectivity index (χ2v) is 4.42. The van der Waals surface area contributed by atoms with Gasteiger partial charge in [0.1, 0.15) is 0 Å². The van der Waals surface area contributed by atoms with Gasteiger partial charge >= 0.3 is 0 Å². The van der Waals surface area contributed by atoms with E-state index in [0.29, 0.717) is 0 Å². The number of halogens is 1. The molecule has 2 aromatic rings. The summed E-state index contributed by atoms with van der Waals surface area (Å²) in [6, 6.07) is 2.00. The molecule has 0 saturated carbocycles. The van der Waals surface area contributed by atoms with E-state index in [9.17, 15) is 0 Å². The van der Waals surface area contributed by atoms with E-state index in [1.807, 2.05) is 42.5 Å². The summed E-state index contributed by atoms with van der Waals surface area (Å²) in [5.74, 6) is 0. The first kappa shape index (κ1) is 10.4. The van der Waals surface area contributed by atoms with Crippen LogP contribution in [0.1, 0.15) is 17.1 Å². The highest BCUT2D eigenvalue weighted by molar-refractivity contribution is 9.10. The molecule has 0 fully saturated rings. The van der Waals surface area contributed by atoms with Crippen LogP contribution in [0.25, 0.3) is 0 Å². The molecule has 0 atom stereocenters. The molecule has 0 aliphatic heterocycles. The van der Waals surface area contributed by atoms with Gasteiger partial charge in [-0.1, -0.05) is 0 Å². The summed E-state index contributed by atoms with van der Waals surface area (Å²) in [6.07, 6.45) is 1.98. The fourth-order valence-corrected chi connectivity index (χ4v) is 2.02. The molecule has 2 heterocycles. The van der Waals surface area contributed by atoms with E-state index < -0.39 is 0 Å². The predicted octanol–water partition coefficient (Wildman–Crippen LogP) is 2.04. The van der Waals surface area contributed by atoms with Crippen LogP contribution in [0.15, 0.2) is 16.7 Å². The molecule has 80 valence electrons. The maximum atomic E-state index is 4.35. The van der Waals surface area contributed by atoms with Crippen LogP contribution in [-0.4, -0.2) is 19.6 Å². The molecule has 2 aromatic heterocycles. The molecule has 2 rings (SSSR count). The van der Waals surface area contributed by atoms with Crippen molar-refractivity contribution in [2.75, 3.05) is 0 Å². The van der Waals surface area contributed by atoms with Crippen LogP contribution in [0.4, 0.5) is 0 Å². The van der Waals surface area contributed by atoms with Crippen molar-refractivity contribution >= 4 is 15.9 Å². The van der Waals surface area contributed by atoms with Crippen molar-refractivity contribution in [3.8, 4) is 0 Å². The van der Waals surface area contributed by atoms with Crippen LogP contribution < -0.4 is 0 Å². The largest absolute Gasteiger partial charge is 0.269 e. The first-order valence-corrected chi connectivity index (χ1v) is 5.55. The quantitative estimate of drug-likeness (QED) is 0.836. The summed E-state index contributed by atoms with van der Waals surface area (Å²) in [5.41, 5.74) is 3.18. The fourth-order valence-electron chi connectivity index (χ4n) is 1.56. The third-order valence-corrected chi connectivity index (χ3v) is 3.38. The standard InChI is InChI=1S/C10H13BrN4/c1-7-4-5-15(12-7)6-9-10(11)8(2)13-14(9)3/h4-5H,6H2,1-3H3. The van der Waals surface area contributed by atoms with E-state index in [-0.39, 0.29) is 0 Å².